The van der Waals surface area contributed by atoms with E-state index in [0.29, 0.717) is 41.1 Å². The first kappa shape index (κ1) is 23.8. The first-order valence-electron chi connectivity index (χ1n) is 12.3. The Labute approximate surface area is 200 Å². The number of amides is 2. The summed E-state index contributed by atoms with van der Waals surface area (Å²) < 4.78 is 6.94. The molecule has 0 radical (unpaired) electrons. The van der Waals surface area contributed by atoms with E-state index in [9.17, 15) is 9.59 Å². The first-order chi connectivity index (χ1) is 16.6. The number of hydrogen-bond acceptors (Lipinski definition) is 4. The lowest BCUT2D eigenvalue weighted by Crippen LogP contribution is -2.47. The predicted octanol–water partition coefficient (Wildman–Crippen LogP) is 5.21. The molecule has 4 rings (SSSR count). The highest BCUT2D eigenvalue weighted by molar-refractivity contribution is 5.78. The molecule has 1 unspecified atom stereocenters. The number of carbonyl (C=O) groups excluding carboxylic acids is 1. The average molecular weight is 463 g/mol. The van der Waals surface area contributed by atoms with Crippen molar-refractivity contribution in [3.05, 3.63) is 64.7 Å². The number of nitrogens with zero attached hydrogens (tertiary/aromatic N) is 3. The molecule has 1 N–H and O–H groups in total. The zero-order chi connectivity index (χ0) is 24.1. The molecule has 1 aliphatic rings. The number of benzene rings is 2. The van der Waals surface area contributed by atoms with E-state index in [-0.39, 0.29) is 23.7 Å². The number of urea groups is 1. The molecular formula is C27H34N4O3. The number of fused-ring (bicyclic) bond motifs is 1. The van der Waals surface area contributed by atoms with E-state index in [2.05, 4.69) is 5.32 Å². The van der Waals surface area contributed by atoms with Crippen LogP contribution in [-0.2, 0) is 0 Å². The largest absolute Gasteiger partial charge is 0.497 e. The Morgan fingerprint density at radius 1 is 1.12 bits per heavy atom. The summed E-state index contributed by atoms with van der Waals surface area (Å²) in [6, 6.07) is 14.5. The Bertz CT molecular complexity index is 1180. The van der Waals surface area contributed by atoms with Crippen LogP contribution in [0, 0.1) is 0 Å². The van der Waals surface area contributed by atoms with Crippen molar-refractivity contribution in [2.75, 3.05) is 13.7 Å². The number of carbonyl (C=O) groups is 1. The van der Waals surface area contributed by atoms with Gasteiger partial charge in [0, 0.05) is 12.6 Å². The zero-order valence-corrected chi connectivity index (χ0v) is 20.3. The summed E-state index contributed by atoms with van der Waals surface area (Å²) in [4.78, 5) is 33.8. The minimum atomic E-state index is -0.354. The van der Waals surface area contributed by atoms with E-state index < -0.39 is 0 Å². The molecule has 3 aromatic rings. The van der Waals surface area contributed by atoms with Crippen LogP contribution in [0.2, 0.25) is 0 Å². The lowest BCUT2D eigenvalue weighted by atomic mass is 9.96. The Kier molecular flexibility index (Phi) is 7.50. The van der Waals surface area contributed by atoms with Gasteiger partial charge in [0.1, 0.15) is 11.6 Å². The summed E-state index contributed by atoms with van der Waals surface area (Å²) >= 11 is 0. The summed E-state index contributed by atoms with van der Waals surface area (Å²) in [6.07, 6.45) is 6.20. The van der Waals surface area contributed by atoms with Crippen molar-refractivity contribution in [2.24, 2.45) is 0 Å². The molecule has 1 fully saturated rings. The van der Waals surface area contributed by atoms with E-state index >= 15 is 0 Å². The van der Waals surface area contributed by atoms with Gasteiger partial charge in [0.05, 0.1) is 29.7 Å². The van der Waals surface area contributed by atoms with Crippen LogP contribution >= 0.6 is 0 Å². The Hall–Kier alpha value is -3.35. The lowest BCUT2D eigenvalue weighted by molar-refractivity contribution is 0.165. The topological polar surface area (TPSA) is 76.5 Å². The lowest BCUT2D eigenvalue weighted by Gasteiger charge is -2.33. The average Bonchev–Trinajstić information content (AvgIpc) is 2.88. The number of methoxy groups -OCH3 is 1. The minimum Gasteiger partial charge on any atom is -0.497 e. The van der Waals surface area contributed by atoms with Crippen LogP contribution < -0.4 is 15.6 Å². The molecule has 0 aliphatic heterocycles. The fourth-order valence-corrected chi connectivity index (χ4v) is 4.91. The Balaban J connectivity index is 1.80. The van der Waals surface area contributed by atoms with Gasteiger partial charge in [0.15, 0.2) is 0 Å². The van der Waals surface area contributed by atoms with Gasteiger partial charge < -0.3 is 15.0 Å². The normalized spacial score (nSPS) is 15.1. The first-order valence-corrected chi connectivity index (χ1v) is 12.3. The third-order valence-electron chi connectivity index (χ3n) is 6.73. The molecule has 1 aliphatic carbocycles. The molecule has 2 aromatic carbocycles. The molecule has 0 spiro atoms. The van der Waals surface area contributed by atoms with E-state index in [0.717, 1.165) is 25.7 Å². The van der Waals surface area contributed by atoms with Gasteiger partial charge in [0.2, 0.25) is 0 Å². The number of nitrogens with one attached hydrogen (secondary N) is 1. The van der Waals surface area contributed by atoms with Crippen LogP contribution in [0.1, 0.15) is 64.2 Å². The van der Waals surface area contributed by atoms with Crippen molar-refractivity contribution >= 4 is 16.9 Å². The van der Waals surface area contributed by atoms with E-state index in [1.165, 1.54) is 6.42 Å². The molecule has 1 heterocycles. The van der Waals surface area contributed by atoms with Crippen molar-refractivity contribution in [1.82, 2.24) is 19.8 Å². The number of ether oxygens (including phenoxy) is 1. The quantitative estimate of drug-likeness (QED) is 0.523. The van der Waals surface area contributed by atoms with Crippen LogP contribution in [0.5, 0.6) is 5.75 Å². The van der Waals surface area contributed by atoms with Crippen molar-refractivity contribution in [1.29, 1.82) is 0 Å². The van der Waals surface area contributed by atoms with Crippen LogP contribution in [0.25, 0.3) is 16.6 Å². The standard InChI is InChI=1S/C27H34N4O3/c1-4-24(30(5-2)27(33)28-19-11-7-6-8-12-19)25-29-23-14-10-9-13-22(23)26(32)31(25)20-15-17-21(34-3)18-16-20/h9-10,13-19,24H,4-8,11-12H2,1-3H3,(H,28,33). The second-order valence-corrected chi connectivity index (χ2v) is 8.82. The zero-order valence-electron chi connectivity index (χ0n) is 20.3. The van der Waals surface area contributed by atoms with Crippen LogP contribution in [0.4, 0.5) is 4.79 Å². The number of aromatic nitrogens is 2. The van der Waals surface area contributed by atoms with Gasteiger partial charge in [-0.3, -0.25) is 9.36 Å². The summed E-state index contributed by atoms with van der Waals surface area (Å²) in [5, 5.41) is 3.78. The highest BCUT2D eigenvalue weighted by Crippen LogP contribution is 2.27. The fourth-order valence-electron chi connectivity index (χ4n) is 4.91. The van der Waals surface area contributed by atoms with Crippen LogP contribution in [-0.4, -0.2) is 40.2 Å². The van der Waals surface area contributed by atoms with Gasteiger partial charge in [-0.25, -0.2) is 9.78 Å². The Morgan fingerprint density at radius 3 is 2.47 bits per heavy atom. The van der Waals surface area contributed by atoms with E-state index in [1.807, 2.05) is 61.2 Å². The third kappa shape index (κ3) is 4.79. The van der Waals surface area contributed by atoms with Gasteiger partial charge in [-0.05, 0) is 62.6 Å². The molecule has 0 saturated heterocycles. The SMILES string of the molecule is CCC(c1nc2ccccc2c(=O)n1-c1ccc(OC)cc1)N(CC)C(=O)NC1CCCCC1. The second kappa shape index (κ2) is 10.7. The smallest absolute Gasteiger partial charge is 0.318 e. The number of rotatable bonds is 7. The van der Waals surface area contributed by atoms with Gasteiger partial charge >= 0.3 is 6.03 Å². The minimum absolute atomic E-state index is 0.0926. The van der Waals surface area contributed by atoms with Gasteiger partial charge in [-0.15, -0.1) is 0 Å². The molecular weight excluding hydrogens is 428 g/mol. The molecule has 1 aromatic heterocycles. The maximum atomic E-state index is 13.7. The molecule has 2 amide bonds. The van der Waals surface area contributed by atoms with Gasteiger partial charge in [-0.1, -0.05) is 38.3 Å². The number of hydrogen-bond donors (Lipinski definition) is 1. The number of para-hydroxylation sites is 1. The molecule has 7 nitrogen and oxygen atoms in total. The van der Waals surface area contributed by atoms with E-state index in [1.54, 1.807) is 17.7 Å². The maximum Gasteiger partial charge on any atom is 0.318 e. The molecule has 7 heteroatoms. The second-order valence-electron chi connectivity index (χ2n) is 8.82. The fraction of sp³-hybridized carbons (Fsp3) is 0.444. The van der Waals surface area contributed by atoms with Crippen LogP contribution in [0.15, 0.2) is 53.3 Å². The van der Waals surface area contributed by atoms with E-state index in [4.69, 9.17) is 9.72 Å². The monoisotopic (exact) mass is 462 g/mol. The third-order valence-corrected chi connectivity index (χ3v) is 6.73. The van der Waals surface area contributed by atoms with Crippen molar-refractivity contribution in [3.63, 3.8) is 0 Å². The van der Waals surface area contributed by atoms with Gasteiger partial charge in [-0.2, -0.15) is 0 Å². The highest BCUT2D eigenvalue weighted by atomic mass is 16.5. The molecule has 0 bridgehead atoms. The predicted molar refractivity (Wildman–Crippen MR) is 135 cm³/mol. The maximum absolute atomic E-state index is 13.7. The Morgan fingerprint density at radius 2 is 1.82 bits per heavy atom. The summed E-state index contributed by atoms with van der Waals surface area (Å²) in [7, 11) is 1.61. The molecule has 180 valence electrons. The van der Waals surface area contributed by atoms with Crippen LogP contribution in [0.3, 0.4) is 0 Å². The van der Waals surface area contributed by atoms with Crippen molar-refractivity contribution in [3.8, 4) is 11.4 Å². The summed E-state index contributed by atoms with van der Waals surface area (Å²) in [5.74, 6) is 1.28. The molecule has 34 heavy (non-hydrogen) atoms. The highest BCUT2D eigenvalue weighted by Gasteiger charge is 2.29. The molecule has 1 atom stereocenters. The molecule has 1 saturated carbocycles. The summed E-state index contributed by atoms with van der Waals surface area (Å²) in [5.41, 5.74) is 1.18. The van der Waals surface area contributed by atoms with Crippen molar-refractivity contribution < 1.29 is 9.53 Å². The van der Waals surface area contributed by atoms with Gasteiger partial charge in [0.25, 0.3) is 5.56 Å². The van der Waals surface area contributed by atoms with Crippen molar-refractivity contribution in [2.45, 2.75) is 64.5 Å². The summed E-state index contributed by atoms with van der Waals surface area (Å²) in [6.45, 7) is 4.52.